The number of esters is 1. The maximum atomic E-state index is 13.7. The van der Waals surface area contributed by atoms with Gasteiger partial charge in [0.2, 0.25) is 0 Å². The summed E-state index contributed by atoms with van der Waals surface area (Å²) in [7, 11) is -2.64. The lowest BCUT2D eigenvalue weighted by Crippen LogP contribution is -2.32. The van der Waals surface area contributed by atoms with Crippen molar-refractivity contribution >= 4 is 16.1 Å². The molecule has 3 fully saturated rings. The average molecular weight is 717 g/mol. The van der Waals surface area contributed by atoms with E-state index in [1.54, 1.807) is 24.3 Å². The smallest absolute Gasteiger partial charge is 0.305 e. The number of carbonyl (C=O) groups is 1. The number of carbonyl (C=O) groups excluding carboxylic acids is 1. The molecule has 1 saturated carbocycles. The van der Waals surface area contributed by atoms with Crippen molar-refractivity contribution in [1.29, 1.82) is 0 Å². The molecule has 50 heavy (non-hydrogen) atoms. The third kappa shape index (κ3) is 13.0. The quantitative estimate of drug-likeness (QED) is 0.0641. The van der Waals surface area contributed by atoms with E-state index in [1.807, 2.05) is 6.92 Å². The first-order chi connectivity index (χ1) is 24.1. The van der Waals surface area contributed by atoms with Crippen LogP contribution in [0.4, 0.5) is 0 Å². The molecule has 2 heterocycles. The maximum absolute atomic E-state index is 13.7. The standard InChI is InChI=1S/C40H60O9S/c1-29(2)18-21-31(4)35(47-39-16-10-12-26-45-39)25-24-34-33(14-8-6-7-9-15-38(41)44-5)37(28-36(34)48-40-17-11-13-27-46-40)49-50(42,43)32-22-19-30(3)20-23-32/h6,8,18-20,22-25,31,33-37,39-40H,7,9-17,21,26-28H2,1-5H3/t31?,33-,34-,35+,36-,37-,39?,40?/m1/s1. The molecule has 4 rings (SSSR count). The van der Waals surface area contributed by atoms with Crippen LogP contribution in [0.1, 0.15) is 103 Å². The first kappa shape index (κ1) is 40.4. The predicted octanol–water partition coefficient (Wildman–Crippen LogP) is 8.37. The lowest BCUT2D eigenvalue weighted by molar-refractivity contribution is -0.193. The SMILES string of the molecule is COC(=O)CCCC=CC[C@@H]1[C@@H](C=C[C@H](OC2CCCCO2)C(C)CC=C(C)C)[C@H](OC2CCCCO2)C[C@H]1OS(=O)(=O)c1ccc(C)cc1. The second-order valence-corrected chi connectivity index (χ2v) is 15.9. The molecule has 1 aromatic rings. The summed E-state index contributed by atoms with van der Waals surface area (Å²) in [4.78, 5) is 11.7. The topological polar surface area (TPSA) is 107 Å². The molecule has 3 unspecified atom stereocenters. The molecule has 280 valence electrons. The zero-order valence-corrected chi connectivity index (χ0v) is 31.6. The Hall–Kier alpha value is -2.34. The Balaban J connectivity index is 1.63. The summed E-state index contributed by atoms with van der Waals surface area (Å²) in [5.74, 6) is -0.395. The summed E-state index contributed by atoms with van der Waals surface area (Å²) in [5, 5.41) is 0. The summed E-state index contributed by atoms with van der Waals surface area (Å²) >= 11 is 0. The van der Waals surface area contributed by atoms with Gasteiger partial charge in [-0.1, -0.05) is 60.6 Å². The monoisotopic (exact) mass is 716 g/mol. The van der Waals surface area contributed by atoms with Gasteiger partial charge in [0.05, 0.1) is 30.3 Å². The van der Waals surface area contributed by atoms with Crippen LogP contribution >= 0.6 is 0 Å². The predicted molar refractivity (Wildman–Crippen MR) is 194 cm³/mol. The Kier molecular flexibility index (Phi) is 16.7. The molecule has 2 aliphatic heterocycles. The van der Waals surface area contributed by atoms with E-state index in [2.05, 4.69) is 51.2 Å². The normalized spacial score (nSPS) is 27.4. The van der Waals surface area contributed by atoms with Crippen molar-refractivity contribution in [1.82, 2.24) is 0 Å². The van der Waals surface area contributed by atoms with Crippen LogP contribution in [0.5, 0.6) is 0 Å². The van der Waals surface area contributed by atoms with E-state index in [9.17, 15) is 13.2 Å². The molecule has 0 N–H and O–H groups in total. The van der Waals surface area contributed by atoms with E-state index in [4.69, 9.17) is 27.9 Å². The molecule has 1 aliphatic carbocycles. The zero-order chi connectivity index (χ0) is 35.9. The van der Waals surface area contributed by atoms with Gasteiger partial charge in [-0.3, -0.25) is 8.98 Å². The van der Waals surface area contributed by atoms with Gasteiger partial charge in [0.25, 0.3) is 10.1 Å². The summed E-state index contributed by atoms with van der Waals surface area (Å²) in [5.41, 5.74) is 2.24. The molecule has 1 aromatic carbocycles. The van der Waals surface area contributed by atoms with Crippen LogP contribution < -0.4 is 0 Å². The fourth-order valence-electron chi connectivity index (χ4n) is 6.85. The van der Waals surface area contributed by atoms with Crippen molar-refractivity contribution in [3.8, 4) is 0 Å². The molecular formula is C40H60O9S. The Morgan fingerprint density at radius 1 is 0.980 bits per heavy atom. The van der Waals surface area contributed by atoms with Gasteiger partial charge in [-0.15, -0.1) is 0 Å². The van der Waals surface area contributed by atoms with Crippen LogP contribution in [0.2, 0.25) is 0 Å². The molecule has 0 spiro atoms. The van der Waals surface area contributed by atoms with Crippen LogP contribution in [0.15, 0.2) is 65.1 Å². The van der Waals surface area contributed by atoms with Crippen molar-refractivity contribution < 1.29 is 41.1 Å². The van der Waals surface area contributed by atoms with Gasteiger partial charge in [-0.25, -0.2) is 0 Å². The first-order valence-corrected chi connectivity index (χ1v) is 20.0. The minimum atomic E-state index is -4.04. The van der Waals surface area contributed by atoms with Gasteiger partial charge in [-0.2, -0.15) is 8.42 Å². The number of benzene rings is 1. The second kappa shape index (κ2) is 20.6. The van der Waals surface area contributed by atoms with Gasteiger partial charge in [0.1, 0.15) is 0 Å². The van der Waals surface area contributed by atoms with Gasteiger partial charge < -0.3 is 23.7 Å². The Bertz CT molecular complexity index is 1350. The van der Waals surface area contributed by atoms with Crippen molar-refractivity contribution in [3.63, 3.8) is 0 Å². The number of hydrogen-bond donors (Lipinski definition) is 0. The Morgan fingerprint density at radius 2 is 1.68 bits per heavy atom. The Morgan fingerprint density at radius 3 is 2.32 bits per heavy atom. The summed E-state index contributed by atoms with van der Waals surface area (Å²) in [6.07, 6.45) is 18.4. The number of unbranched alkanes of at least 4 members (excludes halogenated alkanes) is 1. The summed E-state index contributed by atoms with van der Waals surface area (Å²) in [6.45, 7) is 9.68. The van der Waals surface area contributed by atoms with Crippen LogP contribution in [0.25, 0.3) is 0 Å². The maximum Gasteiger partial charge on any atom is 0.305 e. The number of rotatable bonds is 18. The van der Waals surface area contributed by atoms with E-state index in [-0.39, 0.29) is 53.4 Å². The minimum Gasteiger partial charge on any atom is -0.469 e. The van der Waals surface area contributed by atoms with Crippen molar-refractivity contribution in [2.45, 2.75) is 141 Å². The second-order valence-electron chi connectivity index (χ2n) is 14.3. The first-order valence-electron chi connectivity index (χ1n) is 18.6. The highest BCUT2D eigenvalue weighted by atomic mass is 32.2. The minimum absolute atomic E-state index is 0.140. The summed E-state index contributed by atoms with van der Waals surface area (Å²) in [6, 6.07) is 6.76. The third-order valence-corrected chi connectivity index (χ3v) is 11.2. The number of aryl methyl sites for hydroxylation is 1. The lowest BCUT2D eigenvalue weighted by atomic mass is 9.88. The molecule has 0 aromatic heterocycles. The van der Waals surface area contributed by atoms with Gasteiger partial charge in [-0.05, 0) is 109 Å². The van der Waals surface area contributed by atoms with Crippen molar-refractivity contribution in [2.75, 3.05) is 20.3 Å². The van der Waals surface area contributed by atoms with Crippen molar-refractivity contribution in [2.24, 2.45) is 17.8 Å². The molecule has 9 nitrogen and oxygen atoms in total. The number of allylic oxidation sites excluding steroid dienone is 4. The Labute approximate surface area is 300 Å². The summed E-state index contributed by atoms with van der Waals surface area (Å²) < 4.78 is 63.5. The van der Waals surface area contributed by atoms with E-state index < -0.39 is 16.2 Å². The molecular weight excluding hydrogens is 656 g/mol. The fraction of sp³-hybridized carbons (Fsp3) is 0.675. The number of hydrogen-bond acceptors (Lipinski definition) is 9. The van der Waals surface area contributed by atoms with E-state index >= 15 is 0 Å². The van der Waals surface area contributed by atoms with Crippen LogP contribution in [0, 0.1) is 24.7 Å². The molecule has 8 atom stereocenters. The van der Waals surface area contributed by atoms with E-state index in [0.29, 0.717) is 45.3 Å². The van der Waals surface area contributed by atoms with Crippen LogP contribution in [0.3, 0.4) is 0 Å². The van der Waals surface area contributed by atoms with Crippen LogP contribution in [-0.2, 0) is 42.8 Å². The molecule has 0 amide bonds. The molecule has 2 saturated heterocycles. The highest BCUT2D eigenvalue weighted by molar-refractivity contribution is 7.86. The molecule has 3 aliphatic rings. The molecule has 0 bridgehead atoms. The van der Waals surface area contributed by atoms with Crippen molar-refractivity contribution in [3.05, 3.63) is 65.8 Å². The molecule has 10 heteroatoms. The lowest BCUT2D eigenvalue weighted by Gasteiger charge is -2.31. The van der Waals surface area contributed by atoms with E-state index in [0.717, 1.165) is 50.5 Å². The fourth-order valence-corrected chi connectivity index (χ4v) is 7.97. The zero-order valence-electron chi connectivity index (χ0n) is 30.8. The highest BCUT2D eigenvalue weighted by Gasteiger charge is 2.46. The van der Waals surface area contributed by atoms with E-state index in [1.165, 1.54) is 12.7 Å². The van der Waals surface area contributed by atoms with Gasteiger partial charge in [0, 0.05) is 32.0 Å². The number of ether oxygens (including phenoxy) is 5. The van der Waals surface area contributed by atoms with Gasteiger partial charge in [0.15, 0.2) is 12.6 Å². The average Bonchev–Trinajstić information content (AvgIpc) is 3.41. The van der Waals surface area contributed by atoms with Crippen LogP contribution in [-0.4, -0.2) is 65.6 Å². The third-order valence-electron chi connectivity index (χ3n) is 9.87. The van der Waals surface area contributed by atoms with Gasteiger partial charge >= 0.3 is 5.97 Å². The molecule has 0 radical (unpaired) electrons. The number of methoxy groups -OCH3 is 1. The highest BCUT2D eigenvalue weighted by Crippen LogP contribution is 2.42. The largest absolute Gasteiger partial charge is 0.469 e.